The zero-order valence-electron chi connectivity index (χ0n) is 9.85. The summed E-state index contributed by atoms with van der Waals surface area (Å²) in [4.78, 5) is 10.7. The van der Waals surface area contributed by atoms with Gasteiger partial charge in [-0.3, -0.25) is 0 Å². The van der Waals surface area contributed by atoms with Gasteiger partial charge in [-0.1, -0.05) is 0 Å². The highest BCUT2D eigenvalue weighted by molar-refractivity contribution is 5.91. The number of hydrogen-bond donors (Lipinski definition) is 2. The molecule has 17 heavy (non-hydrogen) atoms. The van der Waals surface area contributed by atoms with Gasteiger partial charge in [-0.05, 0) is 30.7 Å². The summed E-state index contributed by atoms with van der Waals surface area (Å²) in [7, 11) is 2.82. The highest BCUT2D eigenvalue weighted by Crippen LogP contribution is 2.37. The van der Waals surface area contributed by atoms with Crippen molar-refractivity contribution in [1.82, 2.24) is 0 Å². The van der Waals surface area contributed by atoms with E-state index in [9.17, 15) is 9.90 Å². The van der Waals surface area contributed by atoms with Crippen LogP contribution in [0.2, 0.25) is 0 Å². The van der Waals surface area contributed by atoms with Gasteiger partial charge in [-0.2, -0.15) is 0 Å². The second-order valence-corrected chi connectivity index (χ2v) is 3.41. The van der Waals surface area contributed by atoms with E-state index < -0.39 is 5.97 Å². The van der Waals surface area contributed by atoms with Crippen LogP contribution in [0, 0.1) is 0 Å². The molecule has 0 aromatic heterocycles. The monoisotopic (exact) mass is 238 g/mol. The van der Waals surface area contributed by atoms with E-state index in [-0.39, 0.29) is 22.8 Å². The Morgan fingerprint density at radius 3 is 2.06 bits per heavy atom. The van der Waals surface area contributed by atoms with Crippen LogP contribution in [-0.4, -0.2) is 30.4 Å². The van der Waals surface area contributed by atoms with E-state index >= 15 is 0 Å². The first-order chi connectivity index (χ1) is 7.99. The predicted octanol–water partition coefficient (Wildman–Crippen LogP) is 1.90. The van der Waals surface area contributed by atoms with Gasteiger partial charge in [-0.25, -0.2) is 4.79 Å². The summed E-state index contributed by atoms with van der Waals surface area (Å²) in [5, 5.41) is 18.4. The van der Waals surface area contributed by atoms with Gasteiger partial charge in [-0.15, -0.1) is 0 Å². The maximum atomic E-state index is 10.7. The molecule has 1 aromatic rings. The average Bonchev–Trinajstić information content (AvgIpc) is 2.30. The Morgan fingerprint density at radius 2 is 1.71 bits per heavy atom. The molecule has 92 valence electrons. The summed E-state index contributed by atoms with van der Waals surface area (Å²) in [6, 6.07) is 3.06. The van der Waals surface area contributed by atoms with Crippen LogP contribution in [0.25, 0.3) is 6.08 Å². The molecule has 0 radical (unpaired) electrons. The van der Waals surface area contributed by atoms with Gasteiger partial charge in [0, 0.05) is 5.57 Å². The normalized spacial score (nSPS) is 11.1. The minimum Gasteiger partial charge on any atom is -0.502 e. The third-order valence-corrected chi connectivity index (χ3v) is 2.22. The van der Waals surface area contributed by atoms with Gasteiger partial charge < -0.3 is 19.7 Å². The van der Waals surface area contributed by atoms with Crippen molar-refractivity contribution in [2.45, 2.75) is 6.92 Å². The van der Waals surface area contributed by atoms with E-state index in [1.165, 1.54) is 39.4 Å². The second-order valence-electron chi connectivity index (χ2n) is 3.41. The van der Waals surface area contributed by atoms with Gasteiger partial charge in [0.15, 0.2) is 11.5 Å². The van der Waals surface area contributed by atoms with Crippen LogP contribution in [-0.2, 0) is 4.79 Å². The molecule has 0 aliphatic rings. The average molecular weight is 238 g/mol. The number of rotatable bonds is 4. The first-order valence-corrected chi connectivity index (χ1v) is 4.86. The lowest BCUT2D eigenvalue weighted by atomic mass is 10.1. The van der Waals surface area contributed by atoms with Gasteiger partial charge in [0.1, 0.15) is 0 Å². The Bertz CT molecular complexity index is 437. The molecular formula is C12H14O5. The van der Waals surface area contributed by atoms with Crippen LogP contribution in [0.15, 0.2) is 17.7 Å². The van der Waals surface area contributed by atoms with Crippen LogP contribution in [0.3, 0.4) is 0 Å². The summed E-state index contributed by atoms with van der Waals surface area (Å²) in [5.74, 6) is -0.654. The summed E-state index contributed by atoms with van der Waals surface area (Å²) < 4.78 is 9.93. The van der Waals surface area contributed by atoms with Crippen molar-refractivity contribution >= 4 is 12.0 Å². The van der Waals surface area contributed by atoms with E-state index in [1.807, 2.05) is 0 Å². The minimum atomic E-state index is -1.00. The molecule has 1 aromatic carbocycles. The number of aliphatic carboxylic acids is 1. The Labute approximate surface area is 98.9 Å². The SMILES string of the molecule is COc1cc(C=C(C)C(=O)O)cc(OC)c1O. The van der Waals surface area contributed by atoms with Gasteiger partial charge in [0.2, 0.25) is 5.75 Å². The fourth-order valence-corrected chi connectivity index (χ4v) is 1.31. The van der Waals surface area contributed by atoms with Crippen molar-refractivity contribution in [3.63, 3.8) is 0 Å². The smallest absolute Gasteiger partial charge is 0.331 e. The third-order valence-electron chi connectivity index (χ3n) is 2.22. The zero-order valence-corrected chi connectivity index (χ0v) is 9.85. The lowest BCUT2D eigenvalue weighted by molar-refractivity contribution is -0.132. The quantitative estimate of drug-likeness (QED) is 0.783. The van der Waals surface area contributed by atoms with Crippen LogP contribution in [0.5, 0.6) is 17.2 Å². The molecular weight excluding hydrogens is 224 g/mol. The van der Waals surface area contributed by atoms with Gasteiger partial charge in [0.25, 0.3) is 0 Å². The number of carboxylic acid groups (broad SMARTS) is 1. The molecule has 1 rings (SSSR count). The van der Waals surface area contributed by atoms with Crippen molar-refractivity contribution in [2.75, 3.05) is 14.2 Å². The number of carboxylic acids is 1. The molecule has 5 heteroatoms. The van der Waals surface area contributed by atoms with Crippen LogP contribution in [0.1, 0.15) is 12.5 Å². The number of benzene rings is 1. The van der Waals surface area contributed by atoms with Crippen molar-refractivity contribution in [3.8, 4) is 17.2 Å². The lowest BCUT2D eigenvalue weighted by Gasteiger charge is -2.09. The van der Waals surface area contributed by atoms with Gasteiger partial charge >= 0.3 is 5.97 Å². The molecule has 0 unspecified atom stereocenters. The molecule has 0 aliphatic carbocycles. The van der Waals surface area contributed by atoms with Crippen LogP contribution >= 0.6 is 0 Å². The standard InChI is InChI=1S/C12H14O5/c1-7(12(14)15)4-8-5-9(16-2)11(13)10(6-8)17-3/h4-6,13H,1-3H3,(H,14,15). The van der Waals surface area contributed by atoms with Crippen LogP contribution < -0.4 is 9.47 Å². The molecule has 0 heterocycles. The number of phenols is 1. The minimum absolute atomic E-state index is 0.111. The molecule has 5 nitrogen and oxygen atoms in total. The first-order valence-electron chi connectivity index (χ1n) is 4.86. The molecule has 0 saturated carbocycles. The number of aromatic hydroxyl groups is 1. The molecule has 0 fully saturated rings. The van der Waals surface area contributed by atoms with Crippen molar-refractivity contribution in [3.05, 3.63) is 23.3 Å². The van der Waals surface area contributed by atoms with E-state index in [0.717, 1.165) is 0 Å². The molecule has 0 spiro atoms. The summed E-state index contributed by atoms with van der Waals surface area (Å²) in [6.45, 7) is 1.48. The number of methoxy groups -OCH3 is 2. The molecule has 0 aliphatic heterocycles. The topological polar surface area (TPSA) is 76.0 Å². The van der Waals surface area contributed by atoms with E-state index in [1.54, 1.807) is 0 Å². The summed E-state index contributed by atoms with van der Waals surface area (Å²) >= 11 is 0. The maximum Gasteiger partial charge on any atom is 0.331 e. The number of phenolic OH excluding ortho intramolecular Hbond substituents is 1. The first kappa shape index (κ1) is 12.9. The Hall–Kier alpha value is -2.17. The van der Waals surface area contributed by atoms with Crippen LogP contribution in [0.4, 0.5) is 0 Å². The second kappa shape index (κ2) is 5.25. The highest BCUT2D eigenvalue weighted by atomic mass is 16.5. The Kier molecular flexibility index (Phi) is 3.98. The van der Waals surface area contributed by atoms with Gasteiger partial charge in [0.05, 0.1) is 14.2 Å². The number of hydrogen-bond acceptors (Lipinski definition) is 4. The van der Waals surface area contributed by atoms with Crippen molar-refractivity contribution in [2.24, 2.45) is 0 Å². The van der Waals surface area contributed by atoms with Crippen molar-refractivity contribution < 1.29 is 24.5 Å². The molecule has 0 atom stereocenters. The van der Waals surface area contributed by atoms with E-state index in [0.29, 0.717) is 5.56 Å². The Balaban J connectivity index is 3.27. The van der Waals surface area contributed by atoms with Crippen molar-refractivity contribution in [1.29, 1.82) is 0 Å². The Morgan fingerprint density at radius 1 is 1.24 bits per heavy atom. The number of carbonyl (C=O) groups is 1. The van der Waals surface area contributed by atoms with E-state index in [4.69, 9.17) is 14.6 Å². The summed E-state index contributed by atoms with van der Waals surface area (Å²) in [6.07, 6.45) is 1.47. The third kappa shape index (κ3) is 2.90. The maximum absolute atomic E-state index is 10.7. The largest absolute Gasteiger partial charge is 0.502 e. The zero-order chi connectivity index (χ0) is 13.0. The fourth-order valence-electron chi connectivity index (χ4n) is 1.31. The molecule has 0 saturated heterocycles. The predicted molar refractivity (Wildman–Crippen MR) is 62.5 cm³/mol. The number of ether oxygens (including phenoxy) is 2. The molecule has 2 N–H and O–H groups in total. The van der Waals surface area contributed by atoms with E-state index in [2.05, 4.69) is 0 Å². The fraction of sp³-hybridized carbons (Fsp3) is 0.250. The lowest BCUT2D eigenvalue weighted by Crippen LogP contribution is -1.96. The molecule has 0 bridgehead atoms. The highest BCUT2D eigenvalue weighted by Gasteiger charge is 2.11. The summed E-state index contributed by atoms with van der Waals surface area (Å²) in [5.41, 5.74) is 0.760. The molecule has 0 amide bonds.